The normalized spacial score (nSPS) is 0. The first kappa shape index (κ1) is 99.8. The third kappa shape index (κ3) is 38.0. The van der Waals surface area contributed by atoms with Crippen molar-refractivity contribution in [3.05, 3.63) is 0 Å². The molecule has 0 fully saturated rings. The summed E-state index contributed by atoms with van der Waals surface area (Å²) in [5, 5.41) is 0. The first-order valence-corrected chi connectivity index (χ1v) is 0. The summed E-state index contributed by atoms with van der Waals surface area (Å²) in [5.41, 5.74) is 0. The summed E-state index contributed by atoms with van der Waals surface area (Å²) in [5.74, 6) is 0. The molecule has 0 nitrogen and oxygen atoms in total. The minimum atomic E-state index is 0. The fourth-order valence-electron chi connectivity index (χ4n) is 0. The van der Waals surface area contributed by atoms with Crippen molar-refractivity contribution in [2.45, 2.75) is 0 Å². The van der Waals surface area contributed by atoms with E-state index in [4.69, 9.17) is 0 Å². The van der Waals surface area contributed by atoms with Gasteiger partial charge in [-0.25, -0.2) is 0 Å². The Morgan fingerprint density at radius 1 is 0.500 bits per heavy atom. The van der Waals surface area contributed by atoms with Gasteiger partial charge in [0.15, 0.2) is 0 Å². The molecule has 0 rings (SSSR count). The van der Waals surface area contributed by atoms with Gasteiger partial charge >= 0.3 is 17.1 Å². The van der Waals surface area contributed by atoms with Crippen LogP contribution in [0, 0.1) is 0 Å². The maximum atomic E-state index is 0. The summed E-state index contributed by atoms with van der Waals surface area (Å²) in [6.45, 7) is 0. The van der Waals surface area contributed by atoms with Crippen LogP contribution >= 0.6 is 37.2 Å². The van der Waals surface area contributed by atoms with Crippen LogP contribution in [0.5, 0.6) is 0 Å². The minimum Gasteiger partial charge on any atom is -1.00 e. The number of halogens is 5. The molecule has 45 valence electrons. The van der Waals surface area contributed by atoms with Gasteiger partial charge in [-0.2, -0.15) is 0 Å². The molecule has 0 amide bonds. The quantitative estimate of drug-likeness (QED) is 0.370. The summed E-state index contributed by atoms with van der Waals surface area (Å²) < 4.78 is 0. The van der Waals surface area contributed by atoms with Gasteiger partial charge in [0.25, 0.3) is 0 Å². The molecular formula is H3Cl5Mn. The molecule has 6 heteroatoms. The van der Waals surface area contributed by atoms with Crippen molar-refractivity contribution < 1.29 is 41.9 Å². The monoisotopic (exact) mass is 233 g/mol. The Bertz CT molecular complexity index is 3.90. The molecule has 0 aromatic heterocycles. The smallest absolute Gasteiger partial charge is 1.00 e. The standard InChI is InChI=1S/5ClH.Mn/h5*1H;/q;;;;;+2/p-2. The third-order valence-corrected chi connectivity index (χ3v) is 0. The van der Waals surface area contributed by atoms with Crippen LogP contribution in [0.2, 0.25) is 0 Å². The second-order valence-corrected chi connectivity index (χ2v) is 0. The van der Waals surface area contributed by atoms with Gasteiger partial charge in [0, 0.05) is 0 Å². The Hall–Kier alpha value is 1.97. The van der Waals surface area contributed by atoms with E-state index in [9.17, 15) is 0 Å². The second-order valence-electron chi connectivity index (χ2n) is 0. The molecule has 1 radical (unpaired) electrons. The average molecular weight is 235 g/mol. The van der Waals surface area contributed by atoms with Crippen molar-refractivity contribution in [2.24, 2.45) is 0 Å². The van der Waals surface area contributed by atoms with Crippen LogP contribution in [0.15, 0.2) is 0 Å². The molecule has 0 aromatic carbocycles. The van der Waals surface area contributed by atoms with Crippen molar-refractivity contribution in [3.8, 4) is 0 Å². The van der Waals surface area contributed by atoms with Gasteiger partial charge in [-0.15, -0.1) is 37.2 Å². The second kappa shape index (κ2) is 64.0. The SMILES string of the molecule is Cl.Cl.Cl.[Cl-].[Cl-].[Mn+2]. The minimum absolute atomic E-state index is 0. The van der Waals surface area contributed by atoms with E-state index in [1.807, 2.05) is 0 Å². The van der Waals surface area contributed by atoms with E-state index in [1.165, 1.54) is 0 Å². The Balaban J connectivity index is 0. The van der Waals surface area contributed by atoms with E-state index in [1.54, 1.807) is 0 Å². The van der Waals surface area contributed by atoms with E-state index >= 15 is 0 Å². The molecule has 0 heterocycles. The van der Waals surface area contributed by atoms with E-state index in [2.05, 4.69) is 0 Å². The van der Waals surface area contributed by atoms with Gasteiger partial charge in [0.1, 0.15) is 0 Å². The van der Waals surface area contributed by atoms with Crippen LogP contribution in [-0.2, 0) is 17.1 Å². The van der Waals surface area contributed by atoms with Gasteiger partial charge in [-0.3, -0.25) is 0 Å². The van der Waals surface area contributed by atoms with Crippen LogP contribution in [-0.4, -0.2) is 0 Å². The van der Waals surface area contributed by atoms with Crippen molar-refractivity contribution in [1.29, 1.82) is 0 Å². The molecule has 0 aliphatic heterocycles. The van der Waals surface area contributed by atoms with E-state index in [-0.39, 0.29) is 79.1 Å². The van der Waals surface area contributed by atoms with Gasteiger partial charge in [0.05, 0.1) is 0 Å². The van der Waals surface area contributed by atoms with Crippen molar-refractivity contribution in [1.82, 2.24) is 0 Å². The van der Waals surface area contributed by atoms with Crippen molar-refractivity contribution in [2.75, 3.05) is 0 Å². The Kier molecular flexibility index (Phi) is 1060. The van der Waals surface area contributed by atoms with Gasteiger partial charge < -0.3 is 24.8 Å². The average Bonchev–Trinajstić information content (AvgIpc) is 0. The third-order valence-electron chi connectivity index (χ3n) is 0. The predicted octanol–water partition coefficient (Wildman–Crippen LogP) is -4.73. The fraction of sp³-hybridized carbons (Fsp3) is 0. The molecule has 0 atom stereocenters. The molecule has 6 heavy (non-hydrogen) atoms. The fourth-order valence-corrected chi connectivity index (χ4v) is 0. The Labute approximate surface area is 78.7 Å². The number of hydrogen-bond donors (Lipinski definition) is 0. The summed E-state index contributed by atoms with van der Waals surface area (Å²) in [6.07, 6.45) is 0. The maximum absolute atomic E-state index is 0. The molecule has 0 aliphatic carbocycles. The first-order valence-electron chi connectivity index (χ1n) is 0. The Morgan fingerprint density at radius 3 is 0.500 bits per heavy atom. The van der Waals surface area contributed by atoms with Gasteiger partial charge in [0.2, 0.25) is 0 Å². The molecule has 0 unspecified atom stereocenters. The Morgan fingerprint density at radius 2 is 0.500 bits per heavy atom. The van der Waals surface area contributed by atoms with Crippen molar-refractivity contribution >= 4 is 37.2 Å². The molecule has 0 aromatic rings. The predicted molar refractivity (Wildman–Crippen MR) is 21.7 cm³/mol. The maximum Gasteiger partial charge on any atom is 2.00 e. The molecule has 0 saturated heterocycles. The molecule has 0 saturated carbocycles. The van der Waals surface area contributed by atoms with Crippen LogP contribution in [0.25, 0.3) is 0 Å². The summed E-state index contributed by atoms with van der Waals surface area (Å²) in [4.78, 5) is 0. The van der Waals surface area contributed by atoms with Gasteiger partial charge in [-0.05, 0) is 0 Å². The van der Waals surface area contributed by atoms with E-state index in [0.717, 1.165) is 0 Å². The number of rotatable bonds is 0. The van der Waals surface area contributed by atoms with Crippen LogP contribution in [0.4, 0.5) is 0 Å². The molecule has 0 bridgehead atoms. The first-order chi connectivity index (χ1) is 0. The van der Waals surface area contributed by atoms with E-state index < -0.39 is 0 Å². The molecular weight excluding hydrogens is 232 g/mol. The summed E-state index contributed by atoms with van der Waals surface area (Å²) >= 11 is 0. The van der Waals surface area contributed by atoms with Crippen LogP contribution in [0.3, 0.4) is 0 Å². The zero-order valence-electron chi connectivity index (χ0n) is 2.36. The molecule has 0 spiro atoms. The van der Waals surface area contributed by atoms with E-state index in [0.29, 0.717) is 0 Å². The summed E-state index contributed by atoms with van der Waals surface area (Å²) in [6, 6.07) is 0. The van der Waals surface area contributed by atoms with Crippen LogP contribution < -0.4 is 24.8 Å². The molecule has 0 N–H and O–H groups in total. The molecule has 0 aliphatic rings. The van der Waals surface area contributed by atoms with Crippen molar-refractivity contribution in [3.63, 3.8) is 0 Å². The van der Waals surface area contributed by atoms with Crippen LogP contribution in [0.1, 0.15) is 0 Å². The topological polar surface area (TPSA) is 0 Å². The number of hydrogen-bond acceptors (Lipinski definition) is 0. The largest absolute Gasteiger partial charge is 2.00 e. The zero-order chi connectivity index (χ0) is 0. The van der Waals surface area contributed by atoms with Gasteiger partial charge in [-0.1, -0.05) is 0 Å². The zero-order valence-corrected chi connectivity index (χ0v) is 7.50. The summed E-state index contributed by atoms with van der Waals surface area (Å²) in [7, 11) is 0.